The van der Waals surface area contributed by atoms with Gasteiger partial charge in [-0.1, -0.05) is 30.3 Å². The van der Waals surface area contributed by atoms with Crippen LogP contribution in [0.2, 0.25) is 0 Å². The van der Waals surface area contributed by atoms with Gasteiger partial charge < -0.3 is 14.4 Å². The summed E-state index contributed by atoms with van der Waals surface area (Å²) in [6.45, 7) is 1.90. The fraction of sp³-hybridized carbons (Fsp3) is 0.182. The van der Waals surface area contributed by atoms with E-state index in [1.54, 1.807) is 12.1 Å². The van der Waals surface area contributed by atoms with E-state index in [4.69, 9.17) is 4.52 Å². The maximum absolute atomic E-state index is 10.7. The zero-order chi connectivity index (χ0) is 11.5. The molecule has 0 saturated carbocycles. The van der Waals surface area contributed by atoms with Crippen LogP contribution in [0.25, 0.3) is 11.4 Å². The fourth-order valence-corrected chi connectivity index (χ4v) is 1.30. The topological polar surface area (TPSA) is 79.0 Å². The molecule has 1 aromatic heterocycles. The first-order valence-electron chi connectivity index (χ1n) is 4.85. The van der Waals surface area contributed by atoms with Gasteiger partial charge in [0.15, 0.2) is 0 Å². The van der Waals surface area contributed by atoms with Crippen molar-refractivity contribution < 1.29 is 14.4 Å². The van der Waals surface area contributed by atoms with Crippen LogP contribution >= 0.6 is 0 Å². The first-order valence-corrected chi connectivity index (χ1v) is 4.85. The molecule has 0 spiro atoms. The van der Waals surface area contributed by atoms with Gasteiger partial charge in [0.1, 0.15) is 0 Å². The van der Waals surface area contributed by atoms with Crippen molar-refractivity contribution in [3.8, 4) is 11.4 Å². The largest absolute Gasteiger partial charge is 0.545 e. The van der Waals surface area contributed by atoms with E-state index in [1.807, 2.05) is 6.92 Å². The third-order valence-corrected chi connectivity index (χ3v) is 2.13. The normalized spacial score (nSPS) is 10.3. The Bertz CT molecular complexity index is 519. The zero-order valence-corrected chi connectivity index (χ0v) is 8.64. The van der Waals surface area contributed by atoms with Crippen LogP contribution in [0.15, 0.2) is 28.8 Å². The van der Waals surface area contributed by atoms with Gasteiger partial charge in [-0.25, -0.2) is 0 Å². The molecule has 1 aromatic carbocycles. The van der Waals surface area contributed by atoms with E-state index in [-0.39, 0.29) is 5.56 Å². The van der Waals surface area contributed by atoms with E-state index in [9.17, 15) is 9.90 Å². The van der Waals surface area contributed by atoms with Crippen LogP contribution in [0, 0.1) is 0 Å². The minimum Gasteiger partial charge on any atom is -0.545 e. The number of nitrogens with zero attached hydrogens (tertiary/aromatic N) is 2. The minimum atomic E-state index is -1.22. The third kappa shape index (κ3) is 1.93. The lowest BCUT2D eigenvalue weighted by atomic mass is 10.1. The molecule has 0 radical (unpaired) electrons. The number of carbonyl (C=O) groups excluding carboxylic acids is 1. The number of rotatable bonds is 3. The molecular weight excluding hydrogens is 208 g/mol. The summed E-state index contributed by atoms with van der Waals surface area (Å²) in [5, 5.41) is 14.4. The van der Waals surface area contributed by atoms with Crippen LogP contribution in [0.5, 0.6) is 0 Å². The highest BCUT2D eigenvalue weighted by atomic mass is 16.5. The Morgan fingerprint density at radius 1 is 1.50 bits per heavy atom. The van der Waals surface area contributed by atoms with Crippen molar-refractivity contribution in [3.63, 3.8) is 0 Å². The lowest BCUT2D eigenvalue weighted by molar-refractivity contribution is -0.255. The van der Waals surface area contributed by atoms with E-state index in [0.717, 1.165) is 0 Å². The number of carboxylic acid groups (broad SMARTS) is 1. The van der Waals surface area contributed by atoms with Crippen molar-refractivity contribution in [3.05, 3.63) is 35.7 Å². The summed E-state index contributed by atoms with van der Waals surface area (Å²) in [7, 11) is 0. The molecule has 2 aromatic rings. The number of hydrogen-bond donors (Lipinski definition) is 0. The quantitative estimate of drug-likeness (QED) is 0.754. The molecule has 0 N–H and O–H groups in total. The molecule has 0 saturated heterocycles. The first-order chi connectivity index (χ1) is 7.70. The van der Waals surface area contributed by atoms with Crippen molar-refractivity contribution in [2.45, 2.75) is 13.3 Å². The molecule has 0 atom stereocenters. The second kappa shape index (κ2) is 4.14. The van der Waals surface area contributed by atoms with Crippen molar-refractivity contribution in [2.75, 3.05) is 0 Å². The van der Waals surface area contributed by atoms with Crippen LogP contribution in [-0.4, -0.2) is 16.1 Å². The lowest BCUT2D eigenvalue weighted by Gasteiger charge is -2.02. The average molecular weight is 217 g/mol. The molecule has 5 nitrogen and oxygen atoms in total. The summed E-state index contributed by atoms with van der Waals surface area (Å²) in [5.41, 5.74) is 0.700. The van der Waals surface area contributed by atoms with Gasteiger partial charge in [-0.2, -0.15) is 4.98 Å². The van der Waals surface area contributed by atoms with Crippen LogP contribution in [0.1, 0.15) is 23.2 Å². The monoisotopic (exact) mass is 217 g/mol. The molecule has 0 aliphatic heterocycles. The SMILES string of the molecule is CCc1nc(-c2cccc(C(=O)[O-])c2)no1. The number of aryl methyl sites for hydroxylation is 1. The molecular formula is C11H9N2O3-. The second-order valence-electron chi connectivity index (χ2n) is 3.23. The number of benzene rings is 1. The predicted octanol–water partition coefficient (Wildman–Crippen LogP) is 0.663. The Kier molecular flexibility index (Phi) is 2.68. The number of carbonyl (C=O) groups is 1. The van der Waals surface area contributed by atoms with E-state index in [1.165, 1.54) is 12.1 Å². The highest BCUT2D eigenvalue weighted by molar-refractivity contribution is 5.87. The number of aromatic nitrogens is 2. The Morgan fingerprint density at radius 3 is 2.94 bits per heavy atom. The Balaban J connectivity index is 2.40. The third-order valence-electron chi connectivity index (χ3n) is 2.13. The van der Waals surface area contributed by atoms with Gasteiger partial charge in [-0.15, -0.1) is 0 Å². The first kappa shape index (κ1) is 10.4. The van der Waals surface area contributed by atoms with Crippen molar-refractivity contribution in [1.82, 2.24) is 10.1 Å². The maximum Gasteiger partial charge on any atom is 0.226 e. The summed E-state index contributed by atoms with van der Waals surface area (Å²) in [4.78, 5) is 14.8. The van der Waals surface area contributed by atoms with Crippen molar-refractivity contribution in [2.24, 2.45) is 0 Å². The fourth-order valence-electron chi connectivity index (χ4n) is 1.30. The van der Waals surface area contributed by atoms with Gasteiger partial charge in [0.25, 0.3) is 0 Å². The molecule has 2 rings (SSSR count). The molecule has 0 aliphatic rings. The summed E-state index contributed by atoms with van der Waals surface area (Å²) in [6, 6.07) is 6.25. The van der Waals surface area contributed by atoms with E-state index >= 15 is 0 Å². The molecule has 0 amide bonds. The summed E-state index contributed by atoms with van der Waals surface area (Å²) < 4.78 is 4.94. The Morgan fingerprint density at radius 2 is 2.31 bits per heavy atom. The van der Waals surface area contributed by atoms with Gasteiger partial charge in [-0.3, -0.25) is 0 Å². The lowest BCUT2D eigenvalue weighted by Crippen LogP contribution is -2.22. The molecule has 0 unspecified atom stereocenters. The van der Waals surface area contributed by atoms with E-state index in [0.29, 0.717) is 23.7 Å². The zero-order valence-electron chi connectivity index (χ0n) is 8.64. The smallest absolute Gasteiger partial charge is 0.226 e. The molecule has 82 valence electrons. The van der Waals surface area contributed by atoms with Crippen molar-refractivity contribution in [1.29, 1.82) is 0 Å². The van der Waals surface area contributed by atoms with Gasteiger partial charge in [0.05, 0.1) is 5.97 Å². The molecule has 5 heteroatoms. The number of aromatic carboxylic acids is 1. The predicted molar refractivity (Wildman–Crippen MR) is 53.4 cm³/mol. The van der Waals surface area contributed by atoms with Gasteiger partial charge in [-0.05, 0) is 11.6 Å². The van der Waals surface area contributed by atoms with Crippen LogP contribution in [-0.2, 0) is 6.42 Å². The highest BCUT2D eigenvalue weighted by Gasteiger charge is 2.07. The van der Waals surface area contributed by atoms with E-state index < -0.39 is 5.97 Å². The van der Waals surface area contributed by atoms with E-state index in [2.05, 4.69) is 10.1 Å². The summed E-state index contributed by atoms with van der Waals surface area (Å²) in [6.07, 6.45) is 0.646. The van der Waals surface area contributed by atoms with Crippen LogP contribution < -0.4 is 5.11 Å². The van der Waals surface area contributed by atoms with Crippen LogP contribution in [0.3, 0.4) is 0 Å². The summed E-state index contributed by atoms with van der Waals surface area (Å²) in [5.74, 6) is -0.310. The molecule has 16 heavy (non-hydrogen) atoms. The molecule has 0 aliphatic carbocycles. The number of hydrogen-bond acceptors (Lipinski definition) is 5. The second-order valence-corrected chi connectivity index (χ2v) is 3.23. The van der Waals surface area contributed by atoms with Crippen LogP contribution in [0.4, 0.5) is 0 Å². The summed E-state index contributed by atoms with van der Waals surface area (Å²) >= 11 is 0. The molecule has 0 fully saturated rings. The minimum absolute atomic E-state index is 0.0975. The highest BCUT2D eigenvalue weighted by Crippen LogP contribution is 2.17. The Labute approximate surface area is 91.7 Å². The van der Waals surface area contributed by atoms with Gasteiger partial charge in [0, 0.05) is 12.0 Å². The van der Waals surface area contributed by atoms with Gasteiger partial charge in [0.2, 0.25) is 11.7 Å². The number of carboxylic acids is 1. The maximum atomic E-state index is 10.7. The van der Waals surface area contributed by atoms with Gasteiger partial charge >= 0.3 is 0 Å². The average Bonchev–Trinajstić information content (AvgIpc) is 2.77. The molecule has 0 bridgehead atoms. The Hall–Kier alpha value is -2.17. The standard InChI is InChI=1S/C11H10N2O3/c1-2-9-12-10(13-16-9)7-4-3-5-8(6-7)11(14)15/h3-6H,2H2,1H3,(H,14,15)/p-1. The van der Waals surface area contributed by atoms with Crippen molar-refractivity contribution >= 4 is 5.97 Å². The molecule has 1 heterocycles.